The summed E-state index contributed by atoms with van der Waals surface area (Å²) in [4.78, 5) is 0. The highest BCUT2D eigenvalue weighted by Gasteiger charge is 2.13. The van der Waals surface area contributed by atoms with Crippen molar-refractivity contribution >= 4 is 17.7 Å². The smallest absolute Gasteiger partial charge is 0.230 e. The fraction of sp³-hybridized carbons (Fsp3) is 0.333. The van der Waals surface area contributed by atoms with Crippen LogP contribution >= 0.6 is 11.8 Å². The number of benzene rings is 1. The van der Waals surface area contributed by atoms with E-state index in [2.05, 4.69) is 41.5 Å². The average molecular weight is 248 g/mol. The first kappa shape index (κ1) is 12.0. The van der Waals surface area contributed by atoms with Gasteiger partial charge in [0.25, 0.3) is 0 Å². The van der Waals surface area contributed by atoms with Gasteiger partial charge in [-0.05, 0) is 32.2 Å². The van der Waals surface area contributed by atoms with Gasteiger partial charge < -0.3 is 5.32 Å². The molecule has 0 saturated heterocycles. The fourth-order valence-corrected chi connectivity index (χ4v) is 2.06. The zero-order valence-electron chi connectivity index (χ0n) is 10.2. The third-order valence-electron chi connectivity index (χ3n) is 2.25. The van der Waals surface area contributed by atoms with Gasteiger partial charge in [-0.2, -0.15) is 0 Å². The molecule has 1 aromatic carbocycles. The van der Waals surface area contributed by atoms with Crippen LogP contribution in [0.4, 0.5) is 5.95 Å². The molecule has 1 N–H and O–H groups in total. The second kappa shape index (κ2) is 5.23. The van der Waals surface area contributed by atoms with Gasteiger partial charge in [-0.25, -0.2) is 0 Å². The SMILES string of the molecule is CSc1nnc(NC(C)C)n1-c1ccccc1. The van der Waals surface area contributed by atoms with Gasteiger partial charge in [0.05, 0.1) is 5.69 Å². The molecule has 90 valence electrons. The molecule has 0 unspecified atom stereocenters. The molecular weight excluding hydrogens is 232 g/mol. The normalized spacial score (nSPS) is 10.8. The van der Waals surface area contributed by atoms with Crippen LogP contribution in [0, 0.1) is 0 Å². The molecule has 0 bridgehead atoms. The quantitative estimate of drug-likeness (QED) is 0.845. The first-order valence-electron chi connectivity index (χ1n) is 5.53. The highest BCUT2D eigenvalue weighted by atomic mass is 32.2. The summed E-state index contributed by atoms with van der Waals surface area (Å²) >= 11 is 1.59. The molecule has 4 nitrogen and oxygen atoms in total. The number of nitrogens with one attached hydrogen (secondary N) is 1. The van der Waals surface area contributed by atoms with E-state index < -0.39 is 0 Å². The van der Waals surface area contributed by atoms with Crippen molar-refractivity contribution in [3.8, 4) is 5.69 Å². The van der Waals surface area contributed by atoms with Crippen molar-refractivity contribution in [1.82, 2.24) is 14.8 Å². The van der Waals surface area contributed by atoms with Crippen molar-refractivity contribution in [2.24, 2.45) is 0 Å². The molecule has 0 spiro atoms. The van der Waals surface area contributed by atoms with Crippen LogP contribution in [0.15, 0.2) is 35.5 Å². The zero-order valence-corrected chi connectivity index (χ0v) is 11.0. The molecule has 1 aromatic heterocycles. The fourth-order valence-electron chi connectivity index (χ4n) is 1.56. The number of para-hydroxylation sites is 1. The lowest BCUT2D eigenvalue weighted by Gasteiger charge is -2.12. The lowest BCUT2D eigenvalue weighted by atomic mass is 10.3. The molecule has 2 rings (SSSR count). The van der Waals surface area contributed by atoms with Crippen molar-refractivity contribution in [2.45, 2.75) is 25.0 Å². The van der Waals surface area contributed by atoms with Crippen LogP contribution in [0.2, 0.25) is 0 Å². The van der Waals surface area contributed by atoms with Crippen LogP contribution in [0.1, 0.15) is 13.8 Å². The van der Waals surface area contributed by atoms with Crippen molar-refractivity contribution in [2.75, 3.05) is 11.6 Å². The molecule has 0 aliphatic rings. The number of hydrogen-bond acceptors (Lipinski definition) is 4. The highest BCUT2D eigenvalue weighted by Crippen LogP contribution is 2.22. The van der Waals surface area contributed by atoms with Gasteiger partial charge in [-0.3, -0.25) is 4.57 Å². The van der Waals surface area contributed by atoms with E-state index in [1.54, 1.807) is 11.8 Å². The van der Waals surface area contributed by atoms with Crippen LogP contribution < -0.4 is 5.32 Å². The monoisotopic (exact) mass is 248 g/mol. The lowest BCUT2D eigenvalue weighted by molar-refractivity contribution is 0.846. The number of hydrogen-bond donors (Lipinski definition) is 1. The summed E-state index contributed by atoms with van der Waals surface area (Å²) in [5, 5.41) is 12.6. The Morgan fingerprint density at radius 1 is 1.18 bits per heavy atom. The van der Waals surface area contributed by atoms with Crippen molar-refractivity contribution in [1.29, 1.82) is 0 Å². The van der Waals surface area contributed by atoms with E-state index in [0.717, 1.165) is 16.8 Å². The molecule has 0 aliphatic carbocycles. The average Bonchev–Trinajstić information content (AvgIpc) is 2.72. The molecule has 1 heterocycles. The molecule has 0 radical (unpaired) electrons. The number of nitrogens with zero attached hydrogens (tertiary/aromatic N) is 3. The molecule has 17 heavy (non-hydrogen) atoms. The van der Waals surface area contributed by atoms with E-state index in [1.165, 1.54) is 0 Å². The largest absolute Gasteiger partial charge is 0.352 e. The maximum absolute atomic E-state index is 4.18. The van der Waals surface area contributed by atoms with Gasteiger partial charge in [0.1, 0.15) is 0 Å². The molecule has 0 fully saturated rings. The highest BCUT2D eigenvalue weighted by molar-refractivity contribution is 7.98. The predicted octanol–water partition coefficient (Wildman–Crippen LogP) is 2.81. The van der Waals surface area contributed by atoms with Gasteiger partial charge in [0, 0.05) is 6.04 Å². The molecule has 0 amide bonds. The Balaban J connectivity index is 2.46. The number of rotatable bonds is 4. The standard InChI is InChI=1S/C12H16N4S/c1-9(2)13-11-14-15-12(17-3)16(11)10-7-5-4-6-8-10/h4-9H,1-3H3,(H,13,14). The van der Waals surface area contributed by atoms with Gasteiger partial charge in [-0.15, -0.1) is 10.2 Å². The van der Waals surface area contributed by atoms with Gasteiger partial charge >= 0.3 is 0 Å². The van der Waals surface area contributed by atoms with E-state index in [-0.39, 0.29) is 0 Å². The van der Waals surface area contributed by atoms with Crippen molar-refractivity contribution in [3.63, 3.8) is 0 Å². The molecule has 5 heteroatoms. The minimum absolute atomic E-state index is 0.330. The Bertz CT molecular complexity index is 479. The van der Waals surface area contributed by atoms with E-state index in [4.69, 9.17) is 0 Å². The minimum atomic E-state index is 0.330. The van der Waals surface area contributed by atoms with E-state index in [0.29, 0.717) is 6.04 Å². The first-order chi connectivity index (χ1) is 8.22. The Morgan fingerprint density at radius 3 is 2.47 bits per heavy atom. The third kappa shape index (κ3) is 2.61. The maximum atomic E-state index is 4.18. The van der Waals surface area contributed by atoms with Gasteiger partial charge in [0.2, 0.25) is 5.95 Å². The summed E-state index contributed by atoms with van der Waals surface area (Å²) in [5.74, 6) is 0.788. The Kier molecular flexibility index (Phi) is 3.68. The molecular formula is C12H16N4S. The van der Waals surface area contributed by atoms with Crippen molar-refractivity contribution < 1.29 is 0 Å². The molecule has 0 saturated carbocycles. The third-order valence-corrected chi connectivity index (χ3v) is 2.88. The number of anilines is 1. The second-order valence-corrected chi connectivity index (χ2v) is 4.75. The first-order valence-corrected chi connectivity index (χ1v) is 6.76. The predicted molar refractivity (Wildman–Crippen MR) is 71.9 cm³/mol. The Labute approximate surface area is 105 Å². The van der Waals surface area contributed by atoms with Crippen LogP contribution in [0.5, 0.6) is 0 Å². The molecule has 2 aromatic rings. The summed E-state index contributed by atoms with van der Waals surface area (Å²) in [6.07, 6.45) is 2.00. The second-order valence-electron chi connectivity index (χ2n) is 3.98. The summed E-state index contributed by atoms with van der Waals surface area (Å²) < 4.78 is 2.03. The minimum Gasteiger partial charge on any atom is -0.352 e. The lowest BCUT2D eigenvalue weighted by Crippen LogP contribution is -2.14. The summed E-state index contributed by atoms with van der Waals surface area (Å²) in [7, 11) is 0. The summed E-state index contributed by atoms with van der Waals surface area (Å²) in [6.45, 7) is 4.17. The van der Waals surface area contributed by atoms with Gasteiger partial charge in [0.15, 0.2) is 5.16 Å². The summed E-state index contributed by atoms with van der Waals surface area (Å²) in [5.41, 5.74) is 1.07. The number of thioether (sulfide) groups is 1. The van der Waals surface area contributed by atoms with Crippen molar-refractivity contribution in [3.05, 3.63) is 30.3 Å². The molecule has 0 aliphatic heterocycles. The van der Waals surface area contributed by atoms with Crippen LogP contribution in [0.25, 0.3) is 5.69 Å². The Hall–Kier alpha value is -1.49. The van der Waals surface area contributed by atoms with Gasteiger partial charge in [-0.1, -0.05) is 30.0 Å². The van der Waals surface area contributed by atoms with E-state index >= 15 is 0 Å². The van der Waals surface area contributed by atoms with E-state index in [1.807, 2.05) is 29.0 Å². The topological polar surface area (TPSA) is 42.7 Å². The van der Waals surface area contributed by atoms with E-state index in [9.17, 15) is 0 Å². The van der Waals surface area contributed by atoms with Crippen LogP contribution in [-0.4, -0.2) is 27.1 Å². The van der Waals surface area contributed by atoms with Crippen LogP contribution in [0.3, 0.4) is 0 Å². The van der Waals surface area contributed by atoms with Crippen LogP contribution in [-0.2, 0) is 0 Å². The summed E-state index contributed by atoms with van der Waals surface area (Å²) in [6, 6.07) is 10.5. The number of aromatic nitrogens is 3. The Morgan fingerprint density at radius 2 is 1.88 bits per heavy atom. The molecule has 0 atom stereocenters. The zero-order chi connectivity index (χ0) is 12.3. The maximum Gasteiger partial charge on any atom is 0.230 e.